The van der Waals surface area contributed by atoms with Gasteiger partial charge >= 0.3 is 5.97 Å². The normalized spacial score (nSPS) is 21.1. The van der Waals surface area contributed by atoms with Crippen molar-refractivity contribution >= 4 is 17.6 Å². The van der Waals surface area contributed by atoms with Crippen LogP contribution >= 0.6 is 0 Å². The van der Waals surface area contributed by atoms with E-state index < -0.39 is 12.0 Å². The Morgan fingerprint density at radius 2 is 2.17 bits per heavy atom. The van der Waals surface area contributed by atoms with Crippen LogP contribution < -0.4 is 4.90 Å². The zero-order valence-corrected chi connectivity index (χ0v) is 10.5. The fraction of sp³-hybridized carbons (Fsp3) is 0.385. The number of carboxylic acid groups (broad SMARTS) is 1. The van der Waals surface area contributed by atoms with Gasteiger partial charge in [-0.15, -0.1) is 0 Å². The fourth-order valence-electron chi connectivity index (χ4n) is 2.21. The highest BCUT2D eigenvalue weighted by molar-refractivity contribution is 6.01. The summed E-state index contributed by atoms with van der Waals surface area (Å²) in [6.45, 7) is 2.51. The molecule has 2 rings (SSSR count). The molecule has 1 saturated heterocycles. The molecule has 1 aliphatic rings. The summed E-state index contributed by atoms with van der Waals surface area (Å²) in [7, 11) is 1.75. The lowest BCUT2D eigenvalue weighted by molar-refractivity contribution is -0.142. The van der Waals surface area contributed by atoms with Crippen molar-refractivity contribution in [1.82, 2.24) is 4.90 Å². The monoisotopic (exact) mass is 248 g/mol. The molecule has 18 heavy (non-hydrogen) atoms. The molecule has 0 saturated carbocycles. The highest BCUT2D eigenvalue weighted by Gasteiger charge is 2.36. The Morgan fingerprint density at radius 1 is 1.44 bits per heavy atom. The second kappa shape index (κ2) is 4.78. The average Bonchev–Trinajstić information content (AvgIpc) is 2.27. The van der Waals surface area contributed by atoms with E-state index in [0.717, 1.165) is 5.56 Å². The SMILES string of the molecule is Cc1cccc(N2C(=O)CN(C)CC2C(=O)O)c1. The number of nitrogens with zero attached hydrogens (tertiary/aromatic N) is 2. The van der Waals surface area contributed by atoms with E-state index in [1.54, 1.807) is 18.0 Å². The Morgan fingerprint density at radius 3 is 2.78 bits per heavy atom. The van der Waals surface area contributed by atoms with Gasteiger partial charge in [0.1, 0.15) is 6.04 Å². The van der Waals surface area contributed by atoms with Crippen LogP contribution in [0.15, 0.2) is 24.3 Å². The first kappa shape index (κ1) is 12.6. The minimum absolute atomic E-state index is 0.179. The van der Waals surface area contributed by atoms with Crippen molar-refractivity contribution in [2.45, 2.75) is 13.0 Å². The van der Waals surface area contributed by atoms with Crippen LogP contribution in [-0.4, -0.2) is 48.1 Å². The predicted molar refractivity (Wildman–Crippen MR) is 67.6 cm³/mol. The van der Waals surface area contributed by atoms with E-state index in [4.69, 9.17) is 0 Å². The number of amides is 1. The number of likely N-dealkylation sites (N-methyl/N-ethyl adjacent to an activating group) is 1. The number of piperazine rings is 1. The zero-order chi connectivity index (χ0) is 13.3. The van der Waals surface area contributed by atoms with Crippen LogP contribution in [0.25, 0.3) is 0 Å². The standard InChI is InChI=1S/C13H16N2O3/c1-9-4-3-5-10(6-9)15-11(13(17)18)7-14(2)8-12(15)16/h3-6,11H,7-8H2,1-2H3,(H,17,18). The summed E-state index contributed by atoms with van der Waals surface area (Å²) >= 11 is 0. The van der Waals surface area contributed by atoms with Gasteiger partial charge in [-0.3, -0.25) is 14.6 Å². The Balaban J connectivity index is 2.38. The van der Waals surface area contributed by atoms with Gasteiger partial charge in [0.25, 0.3) is 0 Å². The first-order valence-electron chi connectivity index (χ1n) is 5.79. The number of aliphatic carboxylic acids is 1. The van der Waals surface area contributed by atoms with Crippen LogP contribution in [0.1, 0.15) is 5.56 Å². The molecule has 0 radical (unpaired) electrons. The maximum atomic E-state index is 12.1. The van der Waals surface area contributed by atoms with Gasteiger partial charge in [0.2, 0.25) is 5.91 Å². The quantitative estimate of drug-likeness (QED) is 0.838. The van der Waals surface area contributed by atoms with Crippen molar-refractivity contribution in [2.75, 3.05) is 25.0 Å². The number of carboxylic acids is 1. The second-order valence-corrected chi connectivity index (χ2v) is 4.65. The minimum atomic E-state index is -0.976. The number of carbonyl (C=O) groups is 2. The van der Waals surface area contributed by atoms with E-state index in [1.165, 1.54) is 4.90 Å². The van der Waals surface area contributed by atoms with Gasteiger partial charge < -0.3 is 5.11 Å². The maximum absolute atomic E-state index is 12.1. The number of rotatable bonds is 2. The van der Waals surface area contributed by atoms with E-state index in [2.05, 4.69) is 0 Å². The van der Waals surface area contributed by atoms with Crippen LogP contribution in [-0.2, 0) is 9.59 Å². The van der Waals surface area contributed by atoms with Gasteiger partial charge in [0.15, 0.2) is 0 Å². The summed E-state index contributed by atoms with van der Waals surface area (Å²) in [4.78, 5) is 26.5. The molecular formula is C13H16N2O3. The Hall–Kier alpha value is -1.88. The van der Waals surface area contributed by atoms with Crippen LogP contribution in [0.4, 0.5) is 5.69 Å². The highest BCUT2D eigenvalue weighted by atomic mass is 16.4. The molecule has 0 spiro atoms. The summed E-state index contributed by atoms with van der Waals surface area (Å²) in [5, 5.41) is 9.25. The highest BCUT2D eigenvalue weighted by Crippen LogP contribution is 2.22. The number of aryl methyl sites for hydroxylation is 1. The van der Waals surface area contributed by atoms with Crippen LogP contribution in [0.2, 0.25) is 0 Å². The van der Waals surface area contributed by atoms with E-state index in [9.17, 15) is 14.7 Å². The number of carbonyl (C=O) groups excluding carboxylic acids is 1. The molecule has 1 amide bonds. The van der Waals surface area contributed by atoms with Crippen LogP contribution in [0, 0.1) is 6.92 Å². The Bertz CT molecular complexity index is 487. The van der Waals surface area contributed by atoms with E-state index in [1.807, 2.05) is 25.1 Å². The van der Waals surface area contributed by atoms with Gasteiger partial charge in [-0.05, 0) is 31.7 Å². The lowest BCUT2D eigenvalue weighted by Gasteiger charge is -2.37. The molecule has 1 N–H and O–H groups in total. The average molecular weight is 248 g/mol. The second-order valence-electron chi connectivity index (χ2n) is 4.65. The van der Waals surface area contributed by atoms with Gasteiger partial charge in [0, 0.05) is 12.2 Å². The van der Waals surface area contributed by atoms with Crippen LogP contribution in [0.5, 0.6) is 0 Å². The molecule has 1 heterocycles. The molecule has 1 atom stereocenters. The molecule has 96 valence electrons. The third-order valence-electron chi connectivity index (χ3n) is 3.04. The van der Waals surface area contributed by atoms with Crippen molar-refractivity contribution in [3.63, 3.8) is 0 Å². The van der Waals surface area contributed by atoms with E-state index >= 15 is 0 Å². The number of benzene rings is 1. The smallest absolute Gasteiger partial charge is 0.328 e. The Labute approximate surface area is 106 Å². The molecule has 1 aromatic carbocycles. The predicted octanol–water partition coefficient (Wildman–Crippen LogP) is 0.727. The number of hydrogen-bond donors (Lipinski definition) is 1. The van der Waals surface area contributed by atoms with Crippen molar-refractivity contribution in [3.05, 3.63) is 29.8 Å². The van der Waals surface area contributed by atoms with Crippen molar-refractivity contribution in [1.29, 1.82) is 0 Å². The molecule has 5 nitrogen and oxygen atoms in total. The largest absolute Gasteiger partial charge is 0.480 e. The maximum Gasteiger partial charge on any atom is 0.328 e. The van der Waals surface area contributed by atoms with Crippen molar-refractivity contribution in [2.24, 2.45) is 0 Å². The van der Waals surface area contributed by atoms with Gasteiger partial charge in [0.05, 0.1) is 6.54 Å². The van der Waals surface area contributed by atoms with E-state index in [0.29, 0.717) is 12.2 Å². The van der Waals surface area contributed by atoms with Crippen molar-refractivity contribution < 1.29 is 14.7 Å². The Kier molecular flexibility index (Phi) is 3.34. The number of hydrogen-bond acceptors (Lipinski definition) is 3. The first-order valence-corrected chi connectivity index (χ1v) is 5.79. The molecule has 1 aliphatic heterocycles. The zero-order valence-electron chi connectivity index (χ0n) is 10.5. The molecule has 5 heteroatoms. The third kappa shape index (κ3) is 2.36. The molecule has 1 fully saturated rings. The lowest BCUT2D eigenvalue weighted by atomic mass is 10.1. The fourth-order valence-corrected chi connectivity index (χ4v) is 2.21. The molecular weight excluding hydrogens is 232 g/mol. The van der Waals surface area contributed by atoms with Crippen molar-refractivity contribution in [3.8, 4) is 0 Å². The van der Waals surface area contributed by atoms with E-state index in [-0.39, 0.29) is 12.5 Å². The minimum Gasteiger partial charge on any atom is -0.480 e. The lowest BCUT2D eigenvalue weighted by Crippen LogP contribution is -2.58. The number of anilines is 1. The third-order valence-corrected chi connectivity index (χ3v) is 3.04. The summed E-state index contributed by atoms with van der Waals surface area (Å²) in [6.07, 6.45) is 0. The molecule has 0 aromatic heterocycles. The summed E-state index contributed by atoms with van der Waals surface area (Å²) in [5.74, 6) is -1.15. The molecule has 0 aliphatic carbocycles. The molecule has 1 aromatic rings. The first-order chi connectivity index (χ1) is 8.49. The van der Waals surface area contributed by atoms with Gasteiger partial charge in [-0.2, -0.15) is 0 Å². The summed E-state index contributed by atoms with van der Waals surface area (Å²) in [6, 6.07) is 6.53. The summed E-state index contributed by atoms with van der Waals surface area (Å²) in [5.41, 5.74) is 1.66. The van der Waals surface area contributed by atoms with Gasteiger partial charge in [-0.1, -0.05) is 12.1 Å². The molecule has 1 unspecified atom stereocenters. The summed E-state index contributed by atoms with van der Waals surface area (Å²) < 4.78 is 0. The van der Waals surface area contributed by atoms with Crippen LogP contribution in [0.3, 0.4) is 0 Å². The van der Waals surface area contributed by atoms with Gasteiger partial charge in [-0.25, -0.2) is 4.79 Å². The topological polar surface area (TPSA) is 60.9 Å². The molecule has 0 bridgehead atoms.